The highest BCUT2D eigenvalue weighted by molar-refractivity contribution is 7.22. The van der Waals surface area contributed by atoms with Gasteiger partial charge in [0.25, 0.3) is 0 Å². The number of benzene rings is 3. The van der Waals surface area contributed by atoms with Crippen molar-refractivity contribution in [1.29, 1.82) is 0 Å². The molecule has 2 heterocycles. The molecule has 0 spiro atoms. The molecule has 0 radical (unpaired) electrons. The maximum absolute atomic E-state index is 6.26. The van der Waals surface area contributed by atoms with Gasteiger partial charge in [-0.1, -0.05) is 36.5 Å². The van der Waals surface area contributed by atoms with Crippen molar-refractivity contribution in [3.63, 3.8) is 0 Å². The van der Waals surface area contributed by atoms with Crippen molar-refractivity contribution in [2.24, 2.45) is 5.10 Å². The average Bonchev–Trinajstić information content (AvgIpc) is 3.29. The second-order valence-electron chi connectivity index (χ2n) is 7.46. The quantitative estimate of drug-likeness (QED) is 0.307. The molecule has 5 rings (SSSR count). The number of rotatable bonds is 6. The normalized spacial score (nSPS) is 11.8. The van der Waals surface area contributed by atoms with Crippen LogP contribution in [0.3, 0.4) is 0 Å². The van der Waals surface area contributed by atoms with E-state index in [4.69, 9.17) is 19.0 Å². The number of nitrogens with one attached hydrogen (secondary N) is 1. The fourth-order valence-corrected chi connectivity index (χ4v) is 4.50. The van der Waals surface area contributed by atoms with Crippen LogP contribution in [-0.4, -0.2) is 19.2 Å². The van der Waals surface area contributed by atoms with Crippen LogP contribution in [0.2, 0.25) is 0 Å². The van der Waals surface area contributed by atoms with Gasteiger partial charge in [0.15, 0.2) is 11.5 Å². The van der Waals surface area contributed by atoms with E-state index >= 15 is 0 Å². The molecule has 7 heteroatoms. The van der Waals surface area contributed by atoms with Gasteiger partial charge in [-0.3, -0.25) is 5.43 Å². The van der Waals surface area contributed by atoms with Gasteiger partial charge >= 0.3 is 0 Å². The Labute approximate surface area is 195 Å². The predicted octanol–water partition coefficient (Wildman–Crippen LogP) is 6.22. The van der Waals surface area contributed by atoms with Gasteiger partial charge in [0.2, 0.25) is 5.13 Å². The lowest BCUT2D eigenvalue weighted by Gasteiger charge is -2.10. The van der Waals surface area contributed by atoms with Gasteiger partial charge < -0.3 is 13.9 Å². The van der Waals surface area contributed by atoms with Crippen molar-refractivity contribution in [2.45, 2.75) is 13.3 Å². The van der Waals surface area contributed by atoms with E-state index in [0.717, 1.165) is 43.7 Å². The Kier molecular flexibility index (Phi) is 5.71. The molecule has 3 aromatic carbocycles. The van der Waals surface area contributed by atoms with E-state index in [0.29, 0.717) is 17.3 Å². The van der Waals surface area contributed by atoms with E-state index in [9.17, 15) is 0 Å². The van der Waals surface area contributed by atoms with Crippen molar-refractivity contribution in [3.8, 4) is 22.8 Å². The number of aryl methyl sites for hydroxylation is 1. The lowest BCUT2D eigenvalue weighted by atomic mass is 10.1. The smallest absolute Gasteiger partial charge is 0.204 e. The van der Waals surface area contributed by atoms with Gasteiger partial charge in [-0.05, 0) is 54.4 Å². The number of thiazole rings is 1. The van der Waals surface area contributed by atoms with Crippen molar-refractivity contribution < 1.29 is 13.9 Å². The zero-order chi connectivity index (χ0) is 22.8. The molecule has 6 nitrogen and oxygen atoms in total. The number of hydrogen-bond donors (Lipinski definition) is 1. The number of fused-ring (bicyclic) bond motifs is 2. The first-order valence-electron chi connectivity index (χ1n) is 10.6. The van der Waals surface area contributed by atoms with Crippen LogP contribution in [0.1, 0.15) is 12.5 Å². The second-order valence-corrected chi connectivity index (χ2v) is 8.49. The third-order valence-electron chi connectivity index (χ3n) is 5.45. The molecule has 1 N–H and O–H groups in total. The Hall–Kier alpha value is -3.84. The summed E-state index contributed by atoms with van der Waals surface area (Å²) >= 11 is 1.57. The van der Waals surface area contributed by atoms with Crippen LogP contribution in [0.15, 0.2) is 76.2 Å². The van der Waals surface area contributed by atoms with E-state index in [1.165, 1.54) is 5.56 Å². The third kappa shape index (κ3) is 4.15. The Balaban J connectivity index is 1.64. The largest absolute Gasteiger partial charge is 0.493 e. The van der Waals surface area contributed by atoms with Crippen LogP contribution >= 0.6 is 11.3 Å². The molecule has 0 atom stereocenters. The molecule has 0 amide bonds. The van der Waals surface area contributed by atoms with E-state index in [1.807, 2.05) is 48.5 Å². The number of aromatic nitrogens is 1. The molecule has 2 aromatic heterocycles. The number of methoxy groups -OCH3 is 2. The first kappa shape index (κ1) is 21.0. The van der Waals surface area contributed by atoms with Crippen LogP contribution < -0.4 is 20.3 Å². The fraction of sp³-hybridized carbons (Fsp3) is 0.154. The highest BCUT2D eigenvalue weighted by atomic mass is 32.1. The molecule has 0 aliphatic heterocycles. The van der Waals surface area contributed by atoms with Gasteiger partial charge in [0.05, 0.1) is 29.8 Å². The molecular weight excluding hydrogens is 434 g/mol. The first-order valence-corrected chi connectivity index (χ1v) is 11.4. The molecule has 0 bridgehead atoms. The molecule has 166 valence electrons. The Morgan fingerprint density at radius 1 is 0.970 bits per heavy atom. The molecule has 0 aliphatic rings. The number of para-hydroxylation sites is 1. The summed E-state index contributed by atoms with van der Waals surface area (Å²) in [6.45, 7) is 2.13. The van der Waals surface area contributed by atoms with Crippen molar-refractivity contribution >= 4 is 37.7 Å². The van der Waals surface area contributed by atoms with E-state index in [2.05, 4.69) is 35.5 Å². The number of nitrogens with zero attached hydrogens (tertiary/aromatic N) is 2. The van der Waals surface area contributed by atoms with E-state index in [1.54, 1.807) is 25.6 Å². The topological polar surface area (TPSA) is 68.9 Å². The summed E-state index contributed by atoms with van der Waals surface area (Å²) in [5, 5.41) is 7.17. The summed E-state index contributed by atoms with van der Waals surface area (Å²) in [5.74, 6) is 1.98. The Bertz CT molecular complexity index is 1490. The number of ether oxygens (including phenoxy) is 2. The standard InChI is InChI=1S/C26H23N3O3S/c1-4-16-9-11-21-18(13-16)20(28-29-26-27-19-7-5-6-8-25(19)33-26)15-23(32-21)17-10-12-22(30-2)24(14-17)31-3/h5-15H,4H2,1-3H3,(H,27,29). The zero-order valence-electron chi connectivity index (χ0n) is 18.6. The summed E-state index contributed by atoms with van der Waals surface area (Å²) in [6, 6.07) is 21.9. The lowest BCUT2D eigenvalue weighted by molar-refractivity contribution is 0.355. The zero-order valence-corrected chi connectivity index (χ0v) is 19.4. The average molecular weight is 458 g/mol. The molecule has 0 unspecified atom stereocenters. The van der Waals surface area contributed by atoms with E-state index in [-0.39, 0.29) is 0 Å². The summed E-state index contributed by atoms with van der Waals surface area (Å²) in [7, 11) is 3.24. The fourth-order valence-electron chi connectivity index (χ4n) is 3.69. The Morgan fingerprint density at radius 2 is 1.82 bits per heavy atom. The van der Waals surface area contributed by atoms with Crippen LogP contribution in [0, 0.1) is 0 Å². The SMILES string of the molecule is CCc1ccc2oc(-c3ccc(OC)c(OC)c3)cc(=NNc3nc4ccccc4s3)c2c1. The minimum absolute atomic E-state index is 0.637. The minimum Gasteiger partial charge on any atom is -0.493 e. The minimum atomic E-state index is 0.637. The van der Waals surface area contributed by atoms with Crippen molar-refractivity contribution in [3.05, 3.63) is 77.7 Å². The molecule has 5 aromatic rings. The maximum atomic E-state index is 6.26. The van der Waals surface area contributed by atoms with Gasteiger partial charge in [0.1, 0.15) is 11.3 Å². The van der Waals surface area contributed by atoms with Crippen LogP contribution in [-0.2, 0) is 6.42 Å². The number of hydrogen-bond acceptors (Lipinski definition) is 7. The van der Waals surface area contributed by atoms with Gasteiger partial charge in [-0.25, -0.2) is 4.98 Å². The van der Waals surface area contributed by atoms with Gasteiger partial charge in [0, 0.05) is 17.0 Å². The molecule has 0 saturated carbocycles. The molecule has 0 saturated heterocycles. The third-order valence-corrected chi connectivity index (χ3v) is 6.39. The highest BCUT2D eigenvalue weighted by Crippen LogP contribution is 2.33. The van der Waals surface area contributed by atoms with Crippen LogP contribution in [0.4, 0.5) is 5.13 Å². The summed E-state index contributed by atoms with van der Waals surface area (Å²) in [6.07, 6.45) is 0.929. The van der Waals surface area contributed by atoms with Crippen LogP contribution in [0.25, 0.3) is 32.5 Å². The molecule has 0 aliphatic carbocycles. The summed E-state index contributed by atoms with van der Waals surface area (Å²) < 4.78 is 18.2. The van der Waals surface area contributed by atoms with Gasteiger partial charge in [-0.2, -0.15) is 5.10 Å². The molecule has 33 heavy (non-hydrogen) atoms. The first-order chi connectivity index (χ1) is 16.2. The highest BCUT2D eigenvalue weighted by Gasteiger charge is 2.11. The maximum Gasteiger partial charge on any atom is 0.204 e. The van der Waals surface area contributed by atoms with Gasteiger partial charge in [-0.15, -0.1) is 0 Å². The van der Waals surface area contributed by atoms with Crippen molar-refractivity contribution in [2.75, 3.05) is 19.6 Å². The molecule has 0 fully saturated rings. The molecular formula is C26H23N3O3S. The monoisotopic (exact) mass is 457 g/mol. The Morgan fingerprint density at radius 3 is 2.61 bits per heavy atom. The summed E-state index contributed by atoms with van der Waals surface area (Å²) in [5.41, 5.74) is 6.93. The second kappa shape index (κ2) is 8.96. The summed E-state index contributed by atoms with van der Waals surface area (Å²) in [4.78, 5) is 4.62. The number of anilines is 1. The lowest BCUT2D eigenvalue weighted by Crippen LogP contribution is -2.08. The van der Waals surface area contributed by atoms with Crippen LogP contribution in [0.5, 0.6) is 11.5 Å². The van der Waals surface area contributed by atoms with Crippen molar-refractivity contribution in [1.82, 2.24) is 4.98 Å². The predicted molar refractivity (Wildman–Crippen MR) is 133 cm³/mol. The van der Waals surface area contributed by atoms with E-state index < -0.39 is 0 Å².